The van der Waals surface area contributed by atoms with Crippen molar-refractivity contribution in [3.63, 3.8) is 0 Å². The molecular formula is C9H17NO. The Labute approximate surface area is 68.3 Å². The van der Waals surface area contributed by atoms with Gasteiger partial charge in [0.1, 0.15) is 0 Å². The van der Waals surface area contributed by atoms with Gasteiger partial charge in [-0.25, -0.2) is 0 Å². The van der Waals surface area contributed by atoms with Crippen LogP contribution >= 0.6 is 0 Å². The van der Waals surface area contributed by atoms with Crippen LogP contribution in [-0.2, 0) is 4.74 Å². The van der Waals surface area contributed by atoms with Gasteiger partial charge in [-0.3, -0.25) is 0 Å². The lowest BCUT2D eigenvalue weighted by Gasteiger charge is -2.30. The minimum Gasteiger partial charge on any atom is -0.381 e. The number of rotatable bonds is 1. The van der Waals surface area contributed by atoms with Crippen LogP contribution in [-0.4, -0.2) is 25.8 Å². The first kappa shape index (κ1) is 7.56. The van der Waals surface area contributed by atoms with Crippen LogP contribution in [0.1, 0.15) is 25.7 Å². The van der Waals surface area contributed by atoms with Crippen LogP contribution in [0.15, 0.2) is 0 Å². The maximum Gasteiger partial charge on any atom is 0.0575 e. The zero-order valence-corrected chi connectivity index (χ0v) is 7.18. The molecule has 0 radical (unpaired) electrons. The van der Waals surface area contributed by atoms with Crippen molar-refractivity contribution >= 4 is 0 Å². The van der Waals surface area contributed by atoms with Gasteiger partial charge in [0.25, 0.3) is 0 Å². The Kier molecular flexibility index (Phi) is 2.14. The summed E-state index contributed by atoms with van der Waals surface area (Å²) in [6.45, 7) is 1.23. The standard InChI is InChI=1S/C9H17NO/c1-11-8-2-3-9-7(6-8)4-5-10-9/h7-10H,2-6H2,1H3/t7-,8+,9+/m0/s1. The fourth-order valence-electron chi connectivity index (χ4n) is 2.48. The molecule has 2 rings (SSSR count). The zero-order valence-electron chi connectivity index (χ0n) is 7.18. The summed E-state index contributed by atoms with van der Waals surface area (Å²) >= 11 is 0. The summed E-state index contributed by atoms with van der Waals surface area (Å²) in [7, 11) is 1.84. The highest BCUT2D eigenvalue weighted by atomic mass is 16.5. The van der Waals surface area contributed by atoms with Crippen LogP contribution in [0, 0.1) is 5.92 Å². The Hall–Kier alpha value is -0.0800. The van der Waals surface area contributed by atoms with Gasteiger partial charge in [0.2, 0.25) is 0 Å². The second-order valence-corrected chi connectivity index (χ2v) is 3.78. The summed E-state index contributed by atoms with van der Waals surface area (Å²) in [4.78, 5) is 0. The van der Waals surface area contributed by atoms with Crippen molar-refractivity contribution in [3.05, 3.63) is 0 Å². The Morgan fingerprint density at radius 2 is 2.18 bits per heavy atom. The van der Waals surface area contributed by atoms with Crippen molar-refractivity contribution in [1.29, 1.82) is 0 Å². The van der Waals surface area contributed by atoms with Crippen LogP contribution in [0.25, 0.3) is 0 Å². The number of ether oxygens (including phenoxy) is 1. The van der Waals surface area contributed by atoms with Crippen molar-refractivity contribution in [3.8, 4) is 0 Å². The average molecular weight is 155 g/mol. The molecule has 0 amide bonds. The average Bonchev–Trinajstić information content (AvgIpc) is 2.50. The molecule has 0 bridgehead atoms. The molecule has 3 atom stereocenters. The maximum atomic E-state index is 5.37. The Balaban J connectivity index is 1.91. The number of hydrogen-bond acceptors (Lipinski definition) is 2. The van der Waals surface area contributed by atoms with E-state index in [0.717, 1.165) is 12.0 Å². The monoisotopic (exact) mass is 155 g/mol. The van der Waals surface area contributed by atoms with E-state index in [0.29, 0.717) is 6.10 Å². The highest BCUT2D eigenvalue weighted by Gasteiger charge is 2.33. The van der Waals surface area contributed by atoms with Crippen molar-refractivity contribution in [2.24, 2.45) is 5.92 Å². The van der Waals surface area contributed by atoms with Gasteiger partial charge in [-0.2, -0.15) is 0 Å². The summed E-state index contributed by atoms with van der Waals surface area (Å²) in [6, 6.07) is 0.821. The summed E-state index contributed by atoms with van der Waals surface area (Å²) in [5, 5.41) is 3.55. The fraction of sp³-hybridized carbons (Fsp3) is 1.00. The molecule has 0 unspecified atom stereocenters. The number of methoxy groups -OCH3 is 1. The van der Waals surface area contributed by atoms with Gasteiger partial charge in [0, 0.05) is 13.2 Å². The van der Waals surface area contributed by atoms with Crippen LogP contribution in [0.5, 0.6) is 0 Å². The van der Waals surface area contributed by atoms with Gasteiger partial charge in [0.15, 0.2) is 0 Å². The lowest BCUT2D eigenvalue weighted by Crippen LogP contribution is -2.35. The molecule has 0 aromatic carbocycles. The van der Waals surface area contributed by atoms with E-state index in [1.165, 1.54) is 32.2 Å². The zero-order chi connectivity index (χ0) is 7.68. The van der Waals surface area contributed by atoms with Crippen LogP contribution < -0.4 is 5.32 Å². The third-order valence-corrected chi connectivity index (χ3v) is 3.19. The van der Waals surface area contributed by atoms with Crippen molar-refractivity contribution in [2.75, 3.05) is 13.7 Å². The highest BCUT2D eigenvalue weighted by Crippen LogP contribution is 2.31. The number of fused-ring (bicyclic) bond motifs is 1. The summed E-state index contributed by atoms with van der Waals surface area (Å²) in [6.07, 6.45) is 5.78. The van der Waals surface area contributed by atoms with Crippen LogP contribution in [0.3, 0.4) is 0 Å². The molecule has 1 saturated carbocycles. The van der Waals surface area contributed by atoms with E-state index in [4.69, 9.17) is 4.74 Å². The van der Waals surface area contributed by atoms with Crippen LogP contribution in [0.4, 0.5) is 0 Å². The largest absolute Gasteiger partial charge is 0.381 e. The predicted octanol–water partition coefficient (Wildman–Crippen LogP) is 1.16. The molecule has 0 spiro atoms. The molecule has 2 aliphatic rings. The molecule has 11 heavy (non-hydrogen) atoms. The molecule has 1 aliphatic heterocycles. The van der Waals surface area contributed by atoms with Crippen molar-refractivity contribution in [2.45, 2.75) is 37.8 Å². The highest BCUT2D eigenvalue weighted by molar-refractivity contribution is 4.89. The molecule has 0 aromatic rings. The second kappa shape index (κ2) is 3.11. The number of nitrogens with one attached hydrogen (secondary N) is 1. The molecular weight excluding hydrogens is 138 g/mol. The Bertz CT molecular complexity index is 138. The first-order valence-corrected chi connectivity index (χ1v) is 4.66. The van der Waals surface area contributed by atoms with Gasteiger partial charge >= 0.3 is 0 Å². The topological polar surface area (TPSA) is 21.3 Å². The normalized spacial score (nSPS) is 43.9. The van der Waals surface area contributed by atoms with Gasteiger partial charge in [0.05, 0.1) is 6.10 Å². The molecule has 1 heterocycles. The van der Waals surface area contributed by atoms with E-state index in [9.17, 15) is 0 Å². The molecule has 2 heteroatoms. The Morgan fingerprint density at radius 3 is 3.00 bits per heavy atom. The summed E-state index contributed by atoms with van der Waals surface area (Å²) in [5.74, 6) is 0.911. The smallest absolute Gasteiger partial charge is 0.0575 e. The predicted molar refractivity (Wildman–Crippen MR) is 44.5 cm³/mol. The van der Waals surface area contributed by atoms with E-state index >= 15 is 0 Å². The first-order valence-electron chi connectivity index (χ1n) is 4.66. The SMILES string of the molecule is CO[C@@H]1CC[C@H]2NCC[C@H]2C1. The lowest BCUT2D eigenvalue weighted by molar-refractivity contribution is 0.0469. The van der Waals surface area contributed by atoms with E-state index in [-0.39, 0.29) is 0 Å². The molecule has 0 aromatic heterocycles. The first-order chi connectivity index (χ1) is 5.40. The minimum absolute atomic E-state index is 0.552. The summed E-state index contributed by atoms with van der Waals surface area (Å²) < 4.78 is 5.37. The second-order valence-electron chi connectivity index (χ2n) is 3.78. The molecule has 2 nitrogen and oxygen atoms in total. The van der Waals surface area contributed by atoms with Crippen molar-refractivity contribution in [1.82, 2.24) is 5.32 Å². The third-order valence-electron chi connectivity index (χ3n) is 3.19. The van der Waals surface area contributed by atoms with Gasteiger partial charge in [-0.1, -0.05) is 0 Å². The molecule has 1 N–H and O–H groups in total. The third kappa shape index (κ3) is 1.42. The molecule has 64 valence electrons. The van der Waals surface area contributed by atoms with E-state index < -0.39 is 0 Å². The quantitative estimate of drug-likeness (QED) is 0.613. The van der Waals surface area contributed by atoms with Crippen molar-refractivity contribution < 1.29 is 4.74 Å². The lowest BCUT2D eigenvalue weighted by atomic mass is 9.84. The number of hydrogen-bond donors (Lipinski definition) is 1. The molecule has 1 aliphatic carbocycles. The van der Waals surface area contributed by atoms with Gasteiger partial charge in [-0.05, 0) is 38.1 Å². The molecule has 2 fully saturated rings. The summed E-state index contributed by atoms with van der Waals surface area (Å²) in [5.41, 5.74) is 0. The van der Waals surface area contributed by atoms with E-state index in [1.54, 1.807) is 0 Å². The minimum atomic E-state index is 0.552. The fourth-order valence-corrected chi connectivity index (χ4v) is 2.48. The molecule has 1 saturated heterocycles. The van der Waals surface area contributed by atoms with E-state index in [1.807, 2.05) is 7.11 Å². The van der Waals surface area contributed by atoms with E-state index in [2.05, 4.69) is 5.32 Å². The van der Waals surface area contributed by atoms with Gasteiger partial charge < -0.3 is 10.1 Å². The maximum absolute atomic E-state index is 5.37. The van der Waals surface area contributed by atoms with Gasteiger partial charge in [-0.15, -0.1) is 0 Å². The Morgan fingerprint density at radius 1 is 1.27 bits per heavy atom. The van der Waals surface area contributed by atoms with Crippen LogP contribution in [0.2, 0.25) is 0 Å².